The largest absolute Gasteiger partial charge is 0.509 e. The summed E-state index contributed by atoms with van der Waals surface area (Å²) in [5.74, 6) is -1.00. The average Bonchev–Trinajstić information content (AvgIpc) is 3.26. The van der Waals surface area contributed by atoms with Gasteiger partial charge in [-0.25, -0.2) is 0 Å². The second kappa shape index (κ2) is 11.3. The number of hydrogen-bond donors (Lipinski definition) is 4. The highest BCUT2D eigenvalue weighted by Crippen LogP contribution is 2.39. The fourth-order valence-corrected chi connectivity index (χ4v) is 5.63. The van der Waals surface area contributed by atoms with E-state index >= 15 is 0 Å². The molecule has 2 aromatic carbocycles. The van der Waals surface area contributed by atoms with Crippen molar-refractivity contribution in [1.82, 2.24) is 15.2 Å². The summed E-state index contributed by atoms with van der Waals surface area (Å²) in [6.07, 6.45) is 1.86. The quantitative estimate of drug-likeness (QED) is 0.303. The molecule has 5 rings (SSSR count). The molecule has 1 aromatic heterocycles. The number of benzene rings is 2. The van der Waals surface area contributed by atoms with Crippen molar-refractivity contribution >= 4 is 58.3 Å². The van der Waals surface area contributed by atoms with Crippen molar-refractivity contribution in [2.24, 2.45) is 11.1 Å². The molecule has 6 N–H and O–H groups in total. The number of nitrogen functional groups attached to an aromatic ring is 1. The Kier molecular flexibility index (Phi) is 7.83. The first kappa shape index (κ1) is 27.7. The Morgan fingerprint density at radius 3 is 2.55 bits per heavy atom. The van der Waals surface area contributed by atoms with Gasteiger partial charge in [-0.1, -0.05) is 54.6 Å². The first-order chi connectivity index (χ1) is 19.2. The fraction of sp³-hybridized carbons (Fsp3) is 0.296. The van der Waals surface area contributed by atoms with Crippen LogP contribution in [-0.2, 0) is 9.59 Å². The van der Waals surface area contributed by atoms with Crippen molar-refractivity contribution in [3.63, 3.8) is 0 Å². The molecule has 0 atom stereocenters. The number of aliphatic hydroxyl groups excluding tert-OH is 1. The van der Waals surface area contributed by atoms with E-state index in [0.29, 0.717) is 28.1 Å². The molecular formula is C27H29ClN8O3S. The predicted octanol–water partition coefficient (Wildman–Crippen LogP) is 3.62. The molecule has 0 radical (unpaired) electrons. The Balaban J connectivity index is 1.28. The maximum Gasteiger partial charge on any atom is 0.267 e. The second-order valence-electron chi connectivity index (χ2n) is 10.0. The highest BCUT2D eigenvalue weighted by molar-refractivity contribution is 7.99. The van der Waals surface area contributed by atoms with Crippen LogP contribution in [0.4, 0.5) is 23.1 Å². The minimum absolute atomic E-state index is 0.0973. The maximum atomic E-state index is 13.0. The van der Waals surface area contributed by atoms with Gasteiger partial charge in [0.1, 0.15) is 11.3 Å². The molecule has 0 aliphatic carbocycles. The first-order valence-corrected chi connectivity index (χ1v) is 13.9. The summed E-state index contributed by atoms with van der Waals surface area (Å²) in [7, 11) is 0. The van der Waals surface area contributed by atoms with Crippen LogP contribution in [0.3, 0.4) is 0 Å². The zero-order valence-corrected chi connectivity index (χ0v) is 23.4. The normalized spacial score (nSPS) is 16.9. The number of aliphatic hydroxyl groups is 1. The van der Waals surface area contributed by atoms with Crippen LogP contribution in [0.1, 0.15) is 19.8 Å². The van der Waals surface area contributed by atoms with Crippen molar-refractivity contribution < 1.29 is 14.7 Å². The van der Waals surface area contributed by atoms with Crippen LogP contribution in [0.15, 0.2) is 69.8 Å². The molecule has 1 fully saturated rings. The molecule has 3 aromatic rings. The van der Waals surface area contributed by atoms with E-state index in [1.54, 1.807) is 42.5 Å². The molecule has 0 unspecified atom stereocenters. The molecule has 3 heterocycles. The number of nitrogens with one attached hydrogen (secondary N) is 1. The summed E-state index contributed by atoms with van der Waals surface area (Å²) in [5.41, 5.74) is 12.8. The number of nitrogens with zero attached hydrogens (tertiary/aromatic N) is 5. The standard InChI is InChI=1S/C27H29ClN8O3S/c1-27(15-29)10-12-35(13-11-27)26-32-22(30)24(33-34-26)40-19-9-5-8-17(21(19)28)31-23(38)20-18(37)14-36(25(20)39)16-6-3-2-4-7-16/h2-9,37H,10-15,29H2,1H3,(H,31,38)(H2,30,32,34). The highest BCUT2D eigenvalue weighted by atomic mass is 35.5. The zero-order valence-electron chi connectivity index (χ0n) is 21.8. The topological polar surface area (TPSA) is 164 Å². The van der Waals surface area contributed by atoms with Crippen LogP contribution < -0.4 is 26.6 Å². The Labute approximate surface area is 240 Å². The Bertz CT molecular complexity index is 1480. The van der Waals surface area contributed by atoms with Crippen molar-refractivity contribution in [2.45, 2.75) is 29.7 Å². The molecule has 40 heavy (non-hydrogen) atoms. The van der Waals surface area contributed by atoms with Gasteiger partial charge < -0.3 is 31.7 Å². The summed E-state index contributed by atoms with van der Waals surface area (Å²) in [4.78, 5) is 34.3. The van der Waals surface area contributed by atoms with Crippen molar-refractivity contribution in [3.05, 3.63) is 64.9 Å². The molecule has 0 bridgehead atoms. The van der Waals surface area contributed by atoms with Gasteiger partial charge in [0.15, 0.2) is 10.8 Å². The molecule has 208 valence electrons. The predicted molar refractivity (Wildman–Crippen MR) is 156 cm³/mol. The number of hydrogen-bond acceptors (Lipinski definition) is 10. The smallest absolute Gasteiger partial charge is 0.267 e. The summed E-state index contributed by atoms with van der Waals surface area (Å²) >= 11 is 7.77. The lowest BCUT2D eigenvalue weighted by molar-refractivity contribution is -0.119. The Morgan fingerprint density at radius 2 is 1.88 bits per heavy atom. The number of carbonyl (C=O) groups excluding carboxylic acids is 2. The van der Waals surface area contributed by atoms with E-state index in [9.17, 15) is 14.7 Å². The molecule has 0 saturated carbocycles. The average molecular weight is 581 g/mol. The van der Waals surface area contributed by atoms with Gasteiger partial charge in [-0.05, 0) is 49.1 Å². The summed E-state index contributed by atoms with van der Waals surface area (Å²) in [6, 6.07) is 13.8. The van der Waals surface area contributed by atoms with E-state index in [2.05, 4.69) is 27.4 Å². The first-order valence-electron chi connectivity index (χ1n) is 12.7. The Hall–Kier alpha value is -3.87. The van der Waals surface area contributed by atoms with Crippen LogP contribution in [0.5, 0.6) is 0 Å². The molecule has 2 aliphatic heterocycles. The van der Waals surface area contributed by atoms with Crippen LogP contribution >= 0.6 is 23.4 Å². The van der Waals surface area contributed by atoms with E-state index in [-0.39, 0.29) is 39.8 Å². The number of rotatable bonds is 7. The van der Waals surface area contributed by atoms with Gasteiger partial charge in [0, 0.05) is 23.7 Å². The zero-order chi connectivity index (χ0) is 28.4. The number of piperidine rings is 1. The van der Waals surface area contributed by atoms with Crippen molar-refractivity contribution in [3.8, 4) is 0 Å². The van der Waals surface area contributed by atoms with Crippen LogP contribution in [0.25, 0.3) is 0 Å². The molecule has 2 amide bonds. The SMILES string of the molecule is CC1(CN)CCN(c2nnc(Sc3cccc(NC(=O)C4=C(O)CN(c5ccccc5)C4=O)c3Cl)c(N)n2)CC1. The van der Waals surface area contributed by atoms with Gasteiger partial charge in [-0.2, -0.15) is 4.98 Å². The number of aromatic nitrogens is 3. The van der Waals surface area contributed by atoms with Crippen molar-refractivity contribution in [1.29, 1.82) is 0 Å². The number of para-hydroxylation sites is 1. The third-order valence-electron chi connectivity index (χ3n) is 7.18. The highest BCUT2D eigenvalue weighted by Gasteiger charge is 2.36. The van der Waals surface area contributed by atoms with Gasteiger partial charge in [0.25, 0.3) is 11.8 Å². The lowest BCUT2D eigenvalue weighted by Gasteiger charge is -2.38. The number of halogens is 1. The van der Waals surface area contributed by atoms with Gasteiger partial charge in [0.2, 0.25) is 5.95 Å². The van der Waals surface area contributed by atoms with E-state index < -0.39 is 11.8 Å². The minimum Gasteiger partial charge on any atom is -0.509 e. The van der Waals surface area contributed by atoms with E-state index in [1.165, 1.54) is 4.90 Å². The molecule has 2 aliphatic rings. The van der Waals surface area contributed by atoms with E-state index in [0.717, 1.165) is 37.7 Å². The monoisotopic (exact) mass is 580 g/mol. The summed E-state index contributed by atoms with van der Waals surface area (Å²) < 4.78 is 0. The second-order valence-corrected chi connectivity index (χ2v) is 11.4. The minimum atomic E-state index is -0.762. The van der Waals surface area contributed by atoms with Gasteiger partial charge in [-0.15, -0.1) is 10.2 Å². The number of carbonyl (C=O) groups is 2. The number of amides is 2. The number of nitrogens with two attached hydrogens (primary N) is 2. The van der Waals surface area contributed by atoms with Crippen LogP contribution in [0.2, 0.25) is 5.02 Å². The van der Waals surface area contributed by atoms with Gasteiger partial charge >= 0.3 is 0 Å². The third kappa shape index (κ3) is 5.55. The van der Waals surface area contributed by atoms with Gasteiger partial charge in [-0.3, -0.25) is 9.59 Å². The lowest BCUT2D eigenvalue weighted by atomic mass is 9.81. The van der Waals surface area contributed by atoms with E-state index in [4.69, 9.17) is 23.1 Å². The van der Waals surface area contributed by atoms with Gasteiger partial charge in [0.05, 0.1) is 17.3 Å². The summed E-state index contributed by atoms with van der Waals surface area (Å²) in [6.45, 7) is 4.26. The molecule has 1 saturated heterocycles. The third-order valence-corrected chi connectivity index (χ3v) is 8.75. The fourth-order valence-electron chi connectivity index (χ4n) is 4.56. The molecule has 13 heteroatoms. The maximum absolute atomic E-state index is 13.0. The molecule has 11 nitrogen and oxygen atoms in total. The lowest BCUT2D eigenvalue weighted by Crippen LogP contribution is -2.43. The molecule has 0 spiro atoms. The number of anilines is 4. The van der Waals surface area contributed by atoms with Crippen LogP contribution in [-0.4, -0.2) is 58.3 Å². The van der Waals surface area contributed by atoms with Crippen molar-refractivity contribution in [2.75, 3.05) is 47.0 Å². The summed E-state index contributed by atoms with van der Waals surface area (Å²) in [5, 5.41) is 22.2. The van der Waals surface area contributed by atoms with E-state index in [1.807, 2.05) is 11.0 Å². The Morgan fingerprint density at radius 1 is 1.15 bits per heavy atom. The molecular weight excluding hydrogens is 552 g/mol. The van der Waals surface area contributed by atoms with Crippen LogP contribution in [0, 0.1) is 5.41 Å².